The molecule has 2 nitrogen and oxygen atoms in total. The van der Waals surface area contributed by atoms with Crippen LogP contribution in [0, 0.1) is 0 Å². The highest BCUT2D eigenvalue weighted by molar-refractivity contribution is 7.98. The molecular weight excluding hydrogens is 228 g/mol. The summed E-state index contributed by atoms with van der Waals surface area (Å²) >= 11 is 1.74. The molecule has 3 heteroatoms. The number of nitrogens with two attached hydrogens (primary N) is 1. The molecule has 0 radical (unpaired) electrons. The van der Waals surface area contributed by atoms with E-state index in [-0.39, 0.29) is 0 Å². The van der Waals surface area contributed by atoms with Gasteiger partial charge in [0, 0.05) is 22.8 Å². The second-order valence-electron chi connectivity index (χ2n) is 3.78. The smallest absolute Gasteiger partial charge is 0.0421 e. The van der Waals surface area contributed by atoms with E-state index in [2.05, 4.69) is 35.8 Å². The van der Waals surface area contributed by atoms with Gasteiger partial charge in [-0.15, -0.1) is 11.8 Å². The fourth-order valence-electron chi connectivity index (χ4n) is 1.63. The molecule has 0 bridgehead atoms. The highest BCUT2D eigenvalue weighted by Gasteiger charge is 1.98. The summed E-state index contributed by atoms with van der Waals surface area (Å²) in [4.78, 5) is 1.26. The summed E-state index contributed by atoms with van der Waals surface area (Å²) < 4.78 is 0. The summed E-state index contributed by atoms with van der Waals surface area (Å²) in [5.74, 6) is 0. The molecule has 0 aliphatic carbocycles. The van der Waals surface area contributed by atoms with Crippen molar-refractivity contribution in [3.63, 3.8) is 0 Å². The minimum absolute atomic E-state index is 0.754. The quantitative estimate of drug-likeness (QED) is 0.637. The maximum absolute atomic E-state index is 5.90. The Morgan fingerprint density at radius 2 is 1.94 bits per heavy atom. The average molecular weight is 244 g/mol. The molecule has 0 spiro atoms. The van der Waals surface area contributed by atoms with Crippen LogP contribution in [-0.2, 0) is 6.54 Å². The van der Waals surface area contributed by atoms with E-state index in [4.69, 9.17) is 5.73 Å². The second-order valence-corrected chi connectivity index (χ2v) is 4.66. The number of anilines is 2. The summed E-state index contributed by atoms with van der Waals surface area (Å²) in [5.41, 5.74) is 8.98. The zero-order valence-corrected chi connectivity index (χ0v) is 10.6. The van der Waals surface area contributed by atoms with Crippen molar-refractivity contribution in [2.45, 2.75) is 11.4 Å². The first kappa shape index (κ1) is 11.9. The Labute approximate surface area is 106 Å². The van der Waals surface area contributed by atoms with Crippen LogP contribution < -0.4 is 11.1 Å². The molecular formula is C14H16N2S. The third-order valence-electron chi connectivity index (χ3n) is 2.61. The molecule has 0 heterocycles. The van der Waals surface area contributed by atoms with Gasteiger partial charge in [0.15, 0.2) is 0 Å². The second kappa shape index (κ2) is 5.64. The first-order chi connectivity index (χ1) is 8.29. The maximum Gasteiger partial charge on any atom is 0.0421 e. The summed E-state index contributed by atoms with van der Waals surface area (Å²) in [6.45, 7) is 0.754. The highest BCUT2D eigenvalue weighted by Crippen LogP contribution is 2.20. The van der Waals surface area contributed by atoms with Gasteiger partial charge in [-0.3, -0.25) is 0 Å². The number of hydrogen-bond donors (Lipinski definition) is 2. The first-order valence-corrected chi connectivity index (χ1v) is 6.73. The van der Waals surface area contributed by atoms with Gasteiger partial charge in [0.25, 0.3) is 0 Å². The lowest BCUT2D eigenvalue weighted by Gasteiger charge is -2.09. The summed E-state index contributed by atoms with van der Waals surface area (Å²) in [6.07, 6.45) is 2.08. The lowest BCUT2D eigenvalue weighted by molar-refractivity contribution is 1.15. The molecule has 0 saturated heterocycles. The van der Waals surface area contributed by atoms with Crippen LogP contribution in [0.3, 0.4) is 0 Å². The summed E-state index contributed by atoms with van der Waals surface area (Å²) in [5, 5.41) is 3.38. The normalized spacial score (nSPS) is 10.2. The van der Waals surface area contributed by atoms with Crippen molar-refractivity contribution in [2.24, 2.45) is 0 Å². The minimum Gasteiger partial charge on any atom is -0.398 e. The molecule has 88 valence electrons. The third-order valence-corrected chi connectivity index (χ3v) is 3.33. The van der Waals surface area contributed by atoms with Gasteiger partial charge in [-0.05, 0) is 36.1 Å². The molecule has 0 unspecified atom stereocenters. The number of thioether (sulfide) groups is 1. The largest absolute Gasteiger partial charge is 0.398 e. The van der Waals surface area contributed by atoms with E-state index in [0.717, 1.165) is 23.5 Å². The molecule has 0 amide bonds. The Balaban J connectivity index is 2.05. The number of para-hydroxylation sites is 1. The van der Waals surface area contributed by atoms with Gasteiger partial charge in [0.2, 0.25) is 0 Å². The van der Waals surface area contributed by atoms with E-state index in [1.165, 1.54) is 4.90 Å². The summed E-state index contributed by atoms with van der Waals surface area (Å²) in [6, 6.07) is 16.3. The molecule has 17 heavy (non-hydrogen) atoms. The van der Waals surface area contributed by atoms with Crippen molar-refractivity contribution in [3.05, 3.63) is 54.1 Å². The van der Waals surface area contributed by atoms with Crippen LogP contribution in [0.25, 0.3) is 0 Å². The van der Waals surface area contributed by atoms with Gasteiger partial charge in [-0.2, -0.15) is 0 Å². The molecule has 0 aromatic heterocycles. The van der Waals surface area contributed by atoms with Crippen molar-refractivity contribution in [2.75, 3.05) is 17.3 Å². The van der Waals surface area contributed by atoms with Crippen molar-refractivity contribution >= 4 is 23.1 Å². The van der Waals surface area contributed by atoms with E-state index in [9.17, 15) is 0 Å². The van der Waals surface area contributed by atoms with Crippen LogP contribution in [0.15, 0.2) is 53.4 Å². The van der Waals surface area contributed by atoms with Gasteiger partial charge in [-0.1, -0.05) is 24.3 Å². The molecule has 0 saturated carbocycles. The monoisotopic (exact) mass is 244 g/mol. The van der Waals surface area contributed by atoms with Crippen molar-refractivity contribution in [1.82, 2.24) is 0 Å². The molecule has 0 aliphatic heterocycles. The number of benzene rings is 2. The lowest BCUT2D eigenvalue weighted by atomic mass is 10.2. The maximum atomic E-state index is 5.90. The molecule has 0 fully saturated rings. The Bertz CT molecular complexity index is 497. The predicted octanol–water partition coefficient (Wildman–Crippen LogP) is 3.60. The zero-order valence-electron chi connectivity index (χ0n) is 9.81. The van der Waals surface area contributed by atoms with Gasteiger partial charge in [0.05, 0.1) is 0 Å². The highest BCUT2D eigenvalue weighted by atomic mass is 32.2. The van der Waals surface area contributed by atoms with Crippen molar-refractivity contribution in [1.29, 1.82) is 0 Å². The van der Waals surface area contributed by atoms with Gasteiger partial charge in [0.1, 0.15) is 0 Å². The first-order valence-electron chi connectivity index (χ1n) is 5.51. The fraction of sp³-hybridized carbons (Fsp3) is 0.143. The molecule has 2 rings (SSSR count). The minimum atomic E-state index is 0.754. The van der Waals surface area contributed by atoms with E-state index in [1.54, 1.807) is 11.8 Å². The average Bonchev–Trinajstić information content (AvgIpc) is 2.38. The van der Waals surface area contributed by atoms with Gasteiger partial charge in [-0.25, -0.2) is 0 Å². The molecule has 0 atom stereocenters. The zero-order chi connectivity index (χ0) is 12.1. The molecule has 3 N–H and O–H groups in total. The van der Waals surface area contributed by atoms with Crippen molar-refractivity contribution < 1.29 is 0 Å². The number of nitrogens with one attached hydrogen (secondary N) is 1. The lowest BCUT2D eigenvalue weighted by Crippen LogP contribution is -2.02. The van der Waals surface area contributed by atoms with Gasteiger partial charge >= 0.3 is 0 Å². The molecule has 2 aromatic rings. The Hall–Kier alpha value is -1.61. The van der Waals surface area contributed by atoms with Crippen LogP contribution in [0.4, 0.5) is 11.4 Å². The fourth-order valence-corrected chi connectivity index (χ4v) is 2.08. The number of rotatable bonds is 4. The Morgan fingerprint density at radius 1 is 1.12 bits per heavy atom. The third kappa shape index (κ3) is 3.17. The van der Waals surface area contributed by atoms with E-state index < -0.39 is 0 Å². The van der Waals surface area contributed by atoms with E-state index in [1.807, 2.05) is 24.3 Å². The van der Waals surface area contributed by atoms with Crippen LogP contribution in [0.5, 0.6) is 0 Å². The SMILES string of the molecule is CSc1cccc(NCc2ccccc2N)c1. The standard InChI is InChI=1S/C14H16N2S/c1-17-13-7-4-6-12(9-13)16-10-11-5-2-3-8-14(11)15/h2-9,16H,10,15H2,1H3. The van der Waals surface area contributed by atoms with E-state index in [0.29, 0.717) is 0 Å². The number of hydrogen-bond acceptors (Lipinski definition) is 3. The number of nitrogen functional groups attached to an aromatic ring is 1. The van der Waals surface area contributed by atoms with Crippen molar-refractivity contribution in [3.8, 4) is 0 Å². The Kier molecular flexibility index (Phi) is 3.94. The summed E-state index contributed by atoms with van der Waals surface area (Å²) in [7, 11) is 0. The van der Waals surface area contributed by atoms with Gasteiger partial charge < -0.3 is 11.1 Å². The van der Waals surface area contributed by atoms with Crippen LogP contribution in [0.2, 0.25) is 0 Å². The predicted molar refractivity (Wildman–Crippen MR) is 76.4 cm³/mol. The Morgan fingerprint density at radius 3 is 2.71 bits per heavy atom. The molecule has 2 aromatic carbocycles. The van der Waals surface area contributed by atoms with Crippen LogP contribution >= 0.6 is 11.8 Å². The van der Waals surface area contributed by atoms with Crippen LogP contribution in [-0.4, -0.2) is 6.26 Å². The van der Waals surface area contributed by atoms with E-state index >= 15 is 0 Å². The molecule has 0 aliphatic rings. The topological polar surface area (TPSA) is 38.0 Å². The van der Waals surface area contributed by atoms with Crippen LogP contribution in [0.1, 0.15) is 5.56 Å².